The Morgan fingerprint density at radius 1 is 1.27 bits per heavy atom. The van der Waals surface area contributed by atoms with Crippen LogP contribution in [-0.2, 0) is 21.4 Å². The maximum atomic E-state index is 14.1. The van der Waals surface area contributed by atoms with Crippen LogP contribution in [0.2, 0.25) is 5.02 Å². The van der Waals surface area contributed by atoms with Gasteiger partial charge in [-0.05, 0) is 49.6 Å². The first-order valence-electron chi connectivity index (χ1n) is 10.1. The smallest absolute Gasteiger partial charge is 0.265 e. The largest absolute Gasteiger partial charge is 0.482 e. The zero-order valence-corrected chi connectivity index (χ0v) is 18.9. The monoisotopic (exact) mass is 492 g/mol. The van der Waals surface area contributed by atoms with Crippen LogP contribution in [0.4, 0.5) is 15.8 Å². The quantitative estimate of drug-likeness (QED) is 0.557. The molecule has 1 aliphatic carbocycles. The van der Waals surface area contributed by atoms with E-state index in [4.69, 9.17) is 20.9 Å². The molecular weight excluding hydrogens is 475 g/mol. The molecule has 172 valence electrons. The van der Waals surface area contributed by atoms with E-state index in [1.165, 1.54) is 29.2 Å². The Morgan fingerprint density at radius 2 is 2.06 bits per heavy atom. The number of ether oxygens (including phenoxy) is 1. The predicted octanol–water partition coefficient (Wildman–Crippen LogP) is 3.77. The first kappa shape index (κ1) is 21.7. The van der Waals surface area contributed by atoms with Crippen LogP contribution in [0.15, 0.2) is 39.8 Å². The van der Waals surface area contributed by atoms with Crippen molar-refractivity contribution in [1.29, 1.82) is 0 Å². The number of aromatic nitrogens is 2. The molecule has 1 saturated carbocycles. The van der Waals surface area contributed by atoms with Gasteiger partial charge >= 0.3 is 0 Å². The number of carbonyl (C=O) groups is 1. The summed E-state index contributed by atoms with van der Waals surface area (Å²) in [6.07, 6.45) is 2.01. The summed E-state index contributed by atoms with van der Waals surface area (Å²) in [6, 6.07) is 6.47. The van der Waals surface area contributed by atoms with Crippen molar-refractivity contribution in [2.24, 2.45) is 0 Å². The van der Waals surface area contributed by atoms with Crippen molar-refractivity contribution < 1.29 is 26.9 Å². The highest BCUT2D eigenvalue weighted by atomic mass is 35.5. The molecule has 0 saturated heterocycles. The molecule has 0 bridgehead atoms. The van der Waals surface area contributed by atoms with Gasteiger partial charge in [0.15, 0.2) is 12.4 Å². The second-order valence-electron chi connectivity index (χ2n) is 7.91. The van der Waals surface area contributed by atoms with E-state index in [1.54, 1.807) is 6.92 Å². The first-order chi connectivity index (χ1) is 15.7. The summed E-state index contributed by atoms with van der Waals surface area (Å²) in [4.78, 5) is 18.2. The molecule has 0 spiro atoms. The number of amides is 1. The minimum atomic E-state index is -4.16. The third kappa shape index (κ3) is 4.25. The molecule has 5 rings (SSSR count). The van der Waals surface area contributed by atoms with E-state index in [9.17, 15) is 17.6 Å². The van der Waals surface area contributed by atoms with Gasteiger partial charge in [0, 0.05) is 17.0 Å². The normalized spacial score (nSPS) is 15.8. The number of nitrogens with zero attached hydrogens (tertiary/aromatic N) is 3. The molecule has 1 aromatic heterocycles. The maximum absolute atomic E-state index is 14.1. The Balaban J connectivity index is 1.45. The number of fused-ring (bicyclic) bond motifs is 1. The molecule has 2 aromatic carbocycles. The Bertz CT molecular complexity index is 1370. The van der Waals surface area contributed by atoms with Gasteiger partial charge in [-0.25, -0.2) is 12.8 Å². The number of sulfonamides is 1. The topological polar surface area (TPSA) is 115 Å². The van der Waals surface area contributed by atoms with E-state index in [2.05, 4.69) is 14.9 Å². The van der Waals surface area contributed by atoms with Crippen LogP contribution in [0, 0.1) is 12.7 Å². The maximum Gasteiger partial charge on any atom is 0.265 e. The molecule has 0 unspecified atom stereocenters. The Hall–Kier alpha value is -3.18. The molecule has 0 radical (unpaired) electrons. The van der Waals surface area contributed by atoms with Crippen molar-refractivity contribution in [2.45, 2.75) is 37.1 Å². The zero-order valence-electron chi connectivity index (χ0n) is 17.3. The number of nitrogens with one attached hydrogen (secondary N) is 1. The predicted molar refractivity (Wildman–Crippen MR) is 116 cm³/mol. The van der Waals surface area contributed by atoms with Crippen LogP contribution in [0.25, 0.3) is 0 Å². The fourth-order valence-corrected chi connectivity index (χ4v) is 5.01. The second-order valence-corrected chi connectivity index (χ2v) is 9.99. The van der Waals surface area contributed by atoms with Crippen LogP contribution in [0.5, 0.6) is 5.75 Å². The van der Waals surface area contributed by atoms with E-state index < -0.39 is 15.8 Å². The summed E-state index contributed by atoms with van der Waals surface area (Å²) in [7, 11) is -4.16. The van der Waals surface area contributed by atoms with Gasteiger partial charge in [0.05, 0.1) is 22.8 Å². The summed E-state index contributed by atoms with van der Waals surface area (Å²) >= 11 is 5.73. The molecule has 1 amide bonds. The number of rotatable bonds is 6. The second kappa shape index (κ2) is 7.99. The Morgan fingerprint density at radius 3 is 2.79 bits per heavy atom. The fourth-order valence-electron chi connectivity index (χ4n) is 3.54. The van der Waals surface area contributed by atoms with Gasteiger partial charge in [-0.2, -0.15) is 4.98 Å². The number of anilines is 2. The lowest BCUT2D eigenvalue weighted by Crippen LogP contribution is -2.38. The highest BCUT2D eigenvalue weighted by Crippen LogP contribution is 2.40. The summed E-state index contributed by atoms with van der Waals surface area (Å²) in [5.74, 6) is 0.267. The molecule has 2 aliphatic rings. The van der Waals surface area contributed by atoms with E-state index in [0.717, 1.165) is 18.9 Å². The minimum Gasteiger partial charge on any atom is -0.482 e. The van der Waals surface area contributed by atoms with Gasteiger partial charge in [-0.1, -0.05) is 16.8 Å². The van der Waals surface area contributed by atoms with Crippen LogP contribution < -0.4 is 14.4 Å². The highest BCUT2D eigenvalue weighted by molar-refractivity contribution is 7.92. The Labute approximate surface area is 193 Å². The van der Waals surface area contributed by atoms with Gasteiger partial charge in [0.2, 0.25) is 5.89 Å². The summed E-state index contributed by atoms with van der Waals surface area (Å²) in [5, 5.41) is 4.09. The molecule has 9 nitrogen and oxygen atoms in total. The molecule has 2 heterocycles. The van der Waals surface area contributed by atoms with E-state index in [1.807, 2.05) is 0 Å². The number of benzene rings is 2. The molecule has 12 heteroatoms. The van der Waals surface area contributed by atoms with E-state index in [-0.39, 0.29) is 46.3 Å². The lowest BCUT2D eigenvalue weighted by atomic mass is 10.1. The number of halogens is 2. The SMILES string of the molecule is Cc1cc2c(cc1S(=O)(=O)Nc1ccc(Cl)cc1F)OCC(=O)N2Cc1noc(C2CC2)n1. The van der Waals surface area contributed by atoms with Crippen LogP contribution in [-0.4, -0.2) is 31.1 Å². The van der Waals surface area contributed by atoms with Crippen molar-refractivity contribution in [2.75, 3.05) is 16.2 Å². The molecule has 0 atom stereocenters. The fraction of sp³-hybridized carbons (Fsp3) is 0.286. The number of aryl methyl sites for hydroxylation is 1. The van der Waals surface area contributed by atoms with Crippen molar-refractivity contribution in [3.05, 3.63) is 58.5 Å². The lowest BCUT2D eigenvalue weighted by molar-refractivity contribution is -0.121. The zero-order chi connectivity index (χ0) is 23.3. The minimum absolute atomic E-state index is 0.0607. The van der Waals surface area contributed by atoms with E-state index in [0.29, 0.717) is 23.0 Å². The molecule has 1 aliphatic heterocycles. The number of carbonyl (C=O) groups excluding carboxylic acids is 1. The van der Waals surface area contributed by atoms with Crippen molar-refractivity contribution in [1.82, 2.24) is 10.1 Å². The first-order valence-corrected chi connectivity index (χ1v) is 12.0. The van der Waals surface area contributed by atoms with Gasteiger partial charge in [-0.3, -0.25) is 14.4 Å². The lowest BCUT2D eigenvalue weighted by Gasteiger charge is -2.29. The average Bonchev–Trinajstić information content (AvgIpc) is 3.50. The summed E-state index contributed by atoms with van der Waals surface area (Å²) in [5.41, 5.74) is 0.488. The average molecular weight is 493 g/mol. The Kier molecular flexibility index (Phi) is 5.25. The van der Waals surface area contributed by atoms with Gasteiger partial charge in [0.25, 0.3) is 15.9 Å². The number of hydrogen-bond acceptors (Lipinski definition) is 7. The summed E-state index contributed by atoms with van der Waals surface area (Å²) < 4.78 is 53.1. The standard InChI is InChI=1S/C21H18ClFN4O5S/c1-11-6-16-17(8-18(11)33(29,30)26-15-5-4-13(22)7-14(15)23)31-10-20(28)27(16)9-19-24-21(32-25-19)12-2-3-12/h4-8,12,26H,2-3,9-10H2,1H3. The van der Waals surface area contributed by atoms with Crippen molar-refractivity contribution in [3.8, 4) is 5.75 Å². The van der Waals surface area contributed by atoms with Crippen molar-refractivity contribution >= 4 is 38.9 Å². The molecular formula is C21H18ClFN4O5S. The van der Waals surface area contributed by atoms with Crippen LogP contribution >= 0.6 is 11.6 Å². The molecule has 1 N–H and O–H groups in total. The highest BCUT2D eigenvalue weighted by Gasteiger charge is 2.33. The van der Waals surface area contributed by atoms with Crippen molar-refractivity contribution in [3.63, 3.8) is 0 Å². The molecule has 33 heavy (non-hydrogen) atoms. The molecule has 1 fully saturated rings. The van der Waals surface area contributed by atoms with Crippen LogP contribution in [0.1, 0.15) is 36.0 Å². The van der Waals surface area contributed by atoms with Gasteiger partial charge in [-0.15, -0.1) is 0 Å². The third-order valence-corrected chi connectivity index (χ3v) is 7.12. The number of hydrogen-bond donors (Lipinski definition) is 1. The molecule has 3 aromatic rings. The summed E-state index contributed by atoms with van der Waals surface area (Å²) in [6.45, 7) is 1.36. The van der Waals surface area contributed by atoms with Crippen LogP contribution in [0.3, 0.4) is 0 Å². The third-order valence-electron chi connectivity index (χ3n) is 5.37. The van der Waals surface area contributed by atoms with E-state index >= 15 is 0 Å². The van der Waals surface area contributed by atoms with Gasteiger partial charge in [0.1, 0.15) is 11.6 Å². The van der Waals surface area contributed by atoms with Gasteiger partial charge < -0.3 is 9.26 Å².